The van der Waals surface area contributed by atoms with Gasteiger partial charge in [-0.05, 0) is 38.2 Å². The smallest absolute Gasteiger partial charge is 0.125 e. The van der Waals surface area contributed by atoms with Crippen molar-refractivity contribution < 1.29 is 4.74 Å². The maximum atomic E-state index is 6.17. The summed E-state index contributed by atoms with van der Waals surface area (Å²) in [4.78, 5) is 0. The maximum Gasteiger partial charge on any atom is 0.125 e. The predicted molar refractivity (Wildman–Crippen MR) is 92.4 cm³/mol. The van der Waals surface area contributed by atoms with Crippen molar-refractivity contribution in [2.24, 2.45) is 0 Å². The Kier molecular flexibility index (Phi) is 5.94. The minimum absolute atomic E-state index is 0.203. The lowest BCUT2D eigenvalue weighted by atomic mass is 10.1. The molecule has 0 heterocycles. The van der Waals surface area contributed by atoms with Crippen LogP contribution >= 0.6 is 39.1 Å². The van der Waals surface area contributed by atoms with E-state index in [2.05, 4.69) is 28.2 Å². The first-order valence-electron chi connectivity index (χ1n) is 6.54. The molecule has 1 N–H and O–H groups in total. The number of halogens is 3. The fourth-order valence-electron chi connectivity index (χ4n) is 1.94. The van der Waals surface area contributed by atoms with Gasteiger partial charge in [-0.3, -0.25) is 0 Å². The summed E-state index contributed by atoms with van der Waals surface area (Å²) in [5.74, 6) is 0.831. The molecule has 21 heavy (non-hydrogen) atoms. The highest BCUT2D eigenvalue weighted by molar-refractivity contribution is 9.10. The Labute approximate surface area is 143 Å². The second-order valence-electron chi connectivity index (χ2n) is 4.72. The summed E-state index contributed by atoms with van der Waals surface area (Å²) in [5, 5.41) is 4.45. The van der Waals surface area contributed by atoms with Crippen LogP contribution in [0, 0.1) is 0 Å². The number of rotatable bonds is 5. The van der Waals surface area contributed by atoms with Crippen LogP contribution in [0.15, 0.2) is 40.9 Å². The topological polar surface area (TPSA) is 21.3 Å². The molecule has 2 rings (SSSR count). The summed E-state index contributed by atoms with van der Waals surface area (Å²) < 4.78 is 6.93. The van der Waals surface area contributed by atoms with Gasteiger partial charge >= 0.3 is 0 Å². The van der Waals surface area contributed by atoms with Gasteiger partial charge in [-0.15, -0.1) is 0 Å². The van der Waals surface area contributed by atoms with E-state index < -0.39 is 0 Å². The van der Waals surface area contributed by atoms with Gasteiger partial charge in [0.2, 0.25) is 0 Å². The van der Waals surface area contributed by atoms with Gasteiger partial charge in [0, 0.05) is 31.7 Å². The minimum Gasteiger partial charge on any atom is -0.488 e. The van der Waals surface area contributed by atoms with Crippen molar-refractivity contribution in [1.82, 2.24) is 5.32 Å². The Hall–Kier alpha value is -0.740. The predicted octanol–water partition coefficient (Wildman–Crippen LogP) is 5.62. The molecule has 0 saturated heterocycles. The molecule has 0 aromatic heterocycles. The van der Waals surface area contributed by atoms with Gasteiger partial charge in [0.1, 0.15) is 12.4 Å². The molecule has 112 valence electrons. The second-order valence-corrected chi connectivity index (χ2v) is 6.48. The normalized spacial score (nSPS) is 12.2. The third-order valence-corrected chi connectivity index (χ3v) is 4.35. The fourth-order valence-corrected chi connectivity index (χ4v) is 2.74. The highest BCUT2D eigenvalue weighted by atomic mass is 79.9. The van der Waals surface area contributed by atoms with E-state index in [9.17, 15) is 0 Å². The van der Waals surface area contributed by atoms with Gasteiger partial charge in [-0.1, -0.05) is 51.3 Å². The molecule has 0 saturated carbocycles. The van der Waals surface area contributed by atoms with Crippen molar-refractivity contribution in [3.8, 4) is 5.75 Å². The maximum absolute atomic E-state index is 6.17. The first kappa shape index (κ1) is 16.6. The third-order valence-electron chi connectivity index (χ3n) is 3.27. The van der Waals surface area contributed by atoms with Crippen LogP contribution in [0.25, 0.3) is 0 Å². The van der Waals surface area contributed by atoms with Crippen LogP contribution in [0.5, 0.6) is 5.75 Å². The van der Waals surface area contributed by atoms with Crippen LogP contribution in [0.1, 0.15) is 24.1 Å². The van der Waals surface area contributed by atoms with Crippen molar-refractivity contribution in [2.45, 2.75) is 19.6 Å². The molecule has 0 aliphatic rings. The summed E-state index contributed by atoms with van der Waals surface area (Å²) in [6.07, 6.45) is 0. The highest BCUT2D eigenvalue weighted by Gasteiger charge is 2.11. The summed E-state index contributed by atoms with van der Waals surface area (Å²) in [7, 11) is 1.92. The monoisotopic (exact) mass is 387 g/mol. The number of ether oxygens (including phenoxy) is 1. The summed E-state index contributed by atoms with van der Waals surface area (Å²) in [6.45, 7) is 2.49. The van der Waals surface area contributed by atoms with E-state index in [1.54, 1.807) is 6.07 Å². The molecule has 0 spiro atoms. The lowest BCUT2D eigenvalue weighted by Crippen LogP contribution is -2.13. The second kappa shape index (κ2) is 7.50. The molecule has 0 fully saturated rings. The number of benzene rings is 2. The summed E-state index contributed by atoms with van der Waals surface area (Å²) in [6, 6.07) is 11.6. The van der Waals surface area contributed by atoms with E-state index in [4.69, 9.17) is 27.9 Å². The lowest BCUT2D eigenvalue weighted by molar-refractivity contribution is 0.300. The van der Waals surface area contributed by atoms with E-state index in [1.807, 2.05) is 37.4 Å². The molecular weight excluding hydrogens is 373 g/mol. The minimum atomic E-state index is 0.203. The van der Waals surface area contributed by atoms with Crippen LogP contribution in [-0.4, -0.2) is 7.05 Å². The lowest BCUT2D eigenvalue weighted by Gasteiger charge is -2.17. The molecule has 0 radical (unpaired) electrons. The van der Waals surface area contributed by atoms with Crippen LogP contribution < -0.4 is 10.1 Å². The molecular formula is C16H16BrCl2NO. The Bertz CT molecular complexity index is 634. The Morgan fingerprint density at radius 1 is 1.19 bits per heavy atom. The van der Waals surface area contributed by atoms with E-state index in [0.29, 0.717) is 16.7 Å². The molecule has 0 bridgehead atoms. The molecule has 0 aliphatic carbocycles. The Balaban J connectivity index is 2.21. The SMILES string of the molecule is CNC(C)c1ccc(Br)cc1OCc1ccc(Cl)cc1Cl. The molecule has 2 aromatic rings. The zero-order chi connectivity index (χ0) is 15.4. The van der Waals surface area contributed by atoms with Crippen LogP contribution in [0.2, 0.25) is 10.0 Å². The standard InChI is InChI=1S/C16H16BrCl2NO/c1-10(20-2)14-6-4-12(17)7-16(14)21-9-11-3-5-13(18)8-15(11)19/h3-8,10,20H,9H2,1-2H3. The van der Waals surface area contributed by atoms with Crippen LogP contribution in [-0.2, 0) is 6.61 Å². The van der Waals surface area contributed by atoms with Crippen molar-refractivity contribution in [2.75, 3.05) is 7.05 Å². The Morgan fingerprint density at radius 3 is 2.62 bits per heavy atom. The van der Waals surface area contributed by atoms with Gasteiger partial charge in [0.05, 0.1) is 0 Å². The first-order valence-corrected chi connectivity index (χ1v) is 8.09. The average Bonchev–Trinajstić information content (AvgIpc) is 2.45. The van der Waals surface area contributed by atoms with Crippen molar-refractivity contribution in [3.05, 3.63) is 62.0 Å². The van der Waals surface area contributed by atoms with Crippen LogP contribution in [0.3, 0.4) is 0 Å². The molecule has 1 unspecified atom stereocenters. The van der Waals surface area contributed by atoms with E-state index in [-0.39, 0.29) is 6.04 Å². The molecule has 0 amide bonds. The number of hydrogen-bond acceptors (Lipinski definition) is 2. The zero-order valence-corrected chi connectivity index (χ0v) is 14.9. The summed E-state index contributed by atoms with van der Waals surface area (Å²) in [5.41, 5.74) is 2.01. The molecule has 0 aliphatic heterocycles. The molecule has 1 atom stereocenters. The van der Waals surface area contributed by atoms with E-state index >= 15 is 0 Å². The largest absolute Gasteiger partial charge is 0.488 e. The van der Waals surface area contributed by atoms with Crippen molar-refractivity contribution >= 4 is 39.1 Å². The molecule has 2 aromatic carbocycles. The Morgan fingerprint density at radius 2 is 1.95 bits per heavy atom. The molecule has 5 heteroatoms. The number of nitrogens with one attached hydrogen (secondary N) is 1. The quantitative estimate of drug-likeness (QED) is 0.718. The van der Waals surface area contributed by atoms with Crippen molar-refractivity contribution in [3.63, 3.8) is 0 Å². The number of hydrogen-bond donors (Lipinski definition) is 1. The first-order chi connectivity index (χ1) is 10.0. The van der Waals surface area contributed by atoms with Gasteiger partial charge in [-0.2, -0.15) is 0 Å². The van der Waals surface area contributed by atoms with Gasteiger partial charge in [-0.25, -0.2) is 0 Å². The van der Waals surface area contributed by atoms with E-state index in [1.165, 1.54) is 0 Å². The van der Waals surface area contributed by atoms with Gasteiger partial charge in [0.15, 0.2) is 0 Å². The molecule has 2 nitrogen and oxygen atoms in total. The third kappa shape index (κ3) is 4.36. The van der Waals surface area contributed by atoms with E-state index in [0.717, 1.165) is 21.3 Å². The van der Waals surface area contributed by atoms with Crippen LogP contribution in [0.4, 0.5) is 0 Å². The van der Waals surface area contributed by atoms with Gasteiger partial charge in [0.25, 0.3) is 0 Å². The average molecular weight is 389 g/mol. The van der Waals surface area contributed by atoms with Gasteiger partial charge < -0.3 is 10.1 Å². The highest BCUT2D eigenvalue weighted by Crippen LogP contribution is 2.30. The fraction of sp³-hybridized carbons (Fsp3) is 0.250. The zero-order valence-electron chi connectivity index (χ0n) is 11.8. The van der Waals surface area contributed by atoms with Crippen molar-refractivity contribution in [1.29, 1.82) is 0 Å². The summed E-state index contributed by atoms with van der Waals surface area (Å²) >= 11 is 15.5.